The molecule has 3 rings (SSSR count). The minimum Gasteiger partial charge on any atom is -0.467 e. The van der Waals surface area contributed by atoms with Gasteiger partial charge < -0.3 is 19.5 Å². The molecule has 28 heavy (non-hydrogen) atoms. The smallest absolute Gasteiger partial charge is 0.292 e. The van der Waals surface area contributed by atoms with E-state index in [0.717, 1.165) is 5.69 Å². The van der Waals surface area contributed by atoms with E-state index in [1.54, 1.807) is 24.5 Å². The van der Waals surface area contributed by atoms with Gasteiger partial charge in [-0.05, 0) is 30.2 Å². The summed E-state index contributed by atoms with van der Waals surface area (Å²) in [7, 11) is 0. The van der Waals surface area contributed by atoms with Gasteiger partial charge in [-0.15, -0.1) is 0 Å². The highest BCUT2D eigenvalue weighted by Crippen LogP contribution is 2.30. The zero-order chi connectivity index (χ0) is 20.1. The summed E-state index contributed by atoms with van der Waals surface area (Å²) >= 11 is 0. The van der Waals surface area contributed by atoms with Crippen molar-refractivity contribution in [2.75, 3.05) is 36.4 Å². The highest BCUT2D eigenvalue weighted by molar-refractivity contribution is 5.77. The number of nitro groups is 1. The molecule has 0 radical (unpaired) electrons. The van der Waals surface area contributed by atoms with Crippen LogP contribution in [0, 0.1) is 16.0 Å². The molecule has 0 aliphatic carbocycles. The Kier molecular flexibility index (Phi) is 6.18. The predicted octanol–water partition coefficient (Wildman–Crippen LogP) is 3.49. The van der Waals surface area contributed by atoms with Crippen molar-refractivity contribution in [1.82, 2.24) is 4.90 Å². The lowest BCUT2D eigenvalue weighted by molar-refractivity contribution is -0.384. The molecule has 150 valence electrons. The molecule has 1 aromatic carbocycles. The number of piperazine rings is 1. The van der Waals surface area contributed by atoms with Crippen LogP contribution >= 0.6 is 0 Å². The standard InChI is InChI=1S/C20H26N4O4/c1-15(2)12-20(25)23-9-7-22(8-10-23)16-5-6-19(24(26)27)18(13-16)21-14-17-4-3-11-28-17/h3-6,11,13,15,21H,7-10,12,14H2,1-2H3. The van der Waals surface area contributed by atoms with Crippen LogP contribution in [0.25, 0.3) is 0 Å². The maximum absolute atomic E-state index is 12.2. The number of carbonyl (C=O) groups is 1. The Morgan fingerprint density at radius 3 is 2.61 bits per heavy atom. The van der Waals surface area contributed by atoms with Crippen LogP contribution in [0.15, 0.2) is 41.0 Å². The van der Waals surface area contributed by atoms with Crippen LogP contribution in [-0.2, 0) is 11.3 Å². The van der Waals surface area contributed by atoms with Crippen molar-refractivity contribution in [3.05, 3.63) is 52.5 Å². The van der Waals surface area contributed by atoms with Crippen LogP contribution in [0.4, 0.5) is 17.1 Å². The number of hydrogen-bond acceptors (Lipinski definition) is 6. The zero-order valence-electron chi connectivity index (χ0n) is 16.3. The number of benzene rings is 1. The van der Waals surface area contributed by atoms with Crippen LogP contribution in [-0.4, -0.2) is 41.9 Å². The van der Waals surface area contributed by atoms with E-state index < -0.39 is 4.92 Å². The number of amides is 1. The minimum absolute atomic E-state index is 0.0288. The average Bonchev–Trinajstić information content (AvgIpc) is 3.19. The Morgan fingerprint density at radius 2 is 2.00 bits per heavy atom. The van der Waals surface area contributed by atoms with E-state index in [-0.39, 0.29) is 11.6 Å². The van der Waals surface area contributed by atoms with Crippen molar-refractivity contribution in [3.8, 4) is 0 Å². The molecular weight excluding hydrogens is 360 g/mol. The Balaban J connectivity index is 1.68. The van der Waals surface area contributed by atoms with Crippen molar-refractivity contribution in [3.63, 3.8) is 0 Å². The molecule has 0 bridgehead atoms. The summed E-state index contributed by atoms with van der Waals surface area (Å²) in [5, 5.41) is 14.5. The molecule has 0 unspecified atom stereocenters. The van der Waals surface area contributed by atoms with Gasteiger partial charge in [0.2, 0.25) is 5.91 Å². The van der Waals surface area contributed by atoms with Gasteiger partial charge in [-0.2, -0.15) is 0 Å². The van der Waals surface area contributed by atoms with E-state index >= 15 is 0 Å². The SMILES string of the molecule is CC(C)CC(=O)N1CCN(c2ccc([N+](=O)[O-])c(NCc3ccco3)c2)CC1. The van der Waals surface area contributed by atoms with E-state index in [4.69, 9.17) is 4.42 Å². The number of carbonyl (C=O) groups excluding carboxylic acids is 1. The van der Waals surface area contributed by atoms with Gasteiger partial charge in [0, 0.05) is 44.4 Å². The maximum Gasteiger partial charge on any atom is 0.292 e. The van der Waals surface area contributed by atoms with Gasteiger partial charge in [0.15, 0.2) is 0 Å². The van der Waals surface area contributed by atoms with Crippen molar-refractivity contribution in [1.29, 1.82) is 0 Å². The van der Waals surface area contributed by atoms with Crippen LogP contribution in [0.3, 0.4) is 0 Å². The molecule has 1 amide bonds. The fourth-order valence-corrected chi connectivity index (χ4v) is 3.31. The monoisotopic (exact) mass is 386 g/mol. The summed E-state index contributed by atoms with van der Waals surface area (Å²) in [4.78, 5) is 27.3. The number of nitrogens with one attached hydrogen (secondary N) is 1. The number of hydrogen-bond donors (Lipinski definition) is 1. The summed E-state index contributed by atoms with van der Waals surface area (Å²) < 4.78 is 5.28. The Labute approximate surface area is 164 Å². The highest BCUT2D eigenvalue weighted by Gasteiger charge is 2.23. The molecule has 0 saturated carbocycles. The van der Waals surface area contributed by atoms with Crippen LogP contribution in [0.5, 0.6) is 0 Å². The Bertz CT molecular complexity index is 812. The molecule has 0 spiro atoms. The van der Waals surface area contributed by atoms with Gasteiger partial charge >= 0.3 is 0 Å². The van der Waals surface area contributed by atoms with Gasteiger partial charge in [0.1, 0.15) is 11.4 Å². The number of furan rings is 1. The molecule has 8 nitrogen and oxygen atoms in total. The van der Waals surface area contributed by atoms with Crippen LogP contribution < -0.4 is 10.2 Å². The summed E-state index contributed by atoms with van der Waals surface area (Å²) in [5.41, 5.74) is 1.39. The number of nitrogens with zero attached hydrogens (tertiary/aromatic N) is 3. The van der Waals surface area contributed by atoms with Crippen molar-refractivity contribution >= 4 is 23.0 Å². The minimum atomic E-state index is -0.392. The van der Waals surface area contributed by atoms with Gasteiger partial charge in [-0.1, -0.05) is 13.8 Å². The third-order valence-electron chi connectivity index (χ3n) is 4.79. The quantitative estimate of drug-likeness (QED) is 0.578. The van der Waals surface area contributed by atoms with E-state index in [1.165, 1.54) is 6.07 Å². The van der Waals surface area contributed by atoms with E-state index in [9.17, 15) is 14.9 Å². The predicted molar refractivity (Wildman–Crippen MR) is 107 cm³/mol. The Hall–Kier alpha value is -3.03. The molecule has 2 heterocycles. The van der Waals surface area contributed by atoms with Crippen LogP contribution in [0.2, 0.25) is 0 Å². The van der Waals surface area contributed by atoms with E-state index in [0.29, 0.717) is 56.5 Å². The summed E-state index contributed by atoms with van der Waals surface area (Å²) in [6, 6.07) is 8.68. The lowest BCUT2D eigenvalue weighted by Crippen LogP contribution is -2.49. The normalized spacial score (nSPS) is 14.4. The summed E-state index contributed by atoms with van der Waals surface area (Å²) in [6.45, 7) is 7.20. The van der Waals surface area contributed by atoms with Crippen molar-refractivity contribution < 1.29 is 14.1 Å². The molecule has 1 N–H and O–H groups in total. The third-order valence-corrected chi connectivity index (χ3v) is 4.79. The second kappa shape index (κ2) is 8.77. The lowest BCUT2D eigenvalue weighted by atomic mass is 10.1. The zero-order valence-corrected chi connectivity index (χ0v) is 16.3. The van der Waals surface area contributed by atoms with E-state index in [2.05, 4.69) is 10.2 Å². The molecule has 1 aliphatic heterocycles. The first-order chi connectivity index (χ1) is 13.4. The topological polar surface area (TPSA) is 91.9 Å². The first-order valence-electron chi connectivity index (χ1n) is 9.51. The Morgan fingerprint density at radius 1 is 1.25 bits per heavy atom. The summed E-state index contributed by atoms with van der Waals surface area (Å²) in [5.74, 6) is 1.25. The van der Waals surface area contributed by atoms with Crippen molar-refractivity contribution in [2.45, 2.75) is 26.8 Å². The first kappa shape index (κ1) is 19.7. The maximum atomic E-state index is 12.2. The van der Waals surface area contributed by atoms with Gasteiger partial charge in [0.05, 0.1) is 17.7 Å². The highest BCUT2D eigenvalue weighted by atomic mass is 16.6. The molecule has 1 aliphatic rings. The number of anilines is 2. The largest absolute Gasteiger partial charge is 0.467 e. The van der Waals surface area contributed by atoms with Gasteiger partial charge in [0.25, 0.3) is 5.69 Å². The molecule has 1 saturated heterocycles. The molecule has 0 atom stereocenters. The molecular formula is C20H26N4O4. The fraction of sp³-hybridized carbons (Fsp3) is 0.450. The molecule has 1 aromatic heterocycles. The van der Waals surface area contributed by atoms with Crippen LogP contribution in [0.1, 0.15) is 26.0 Å². The molecule has 2 aromatic rings. The summed E-state index contributed by atoms with van der Waals surface area (Å²) in [6.07, 6.45) is 2.14. The van der Waals surface area contributed by atoms with Gasteiger partial charge in [-0.3, -0.25) is 14.9 Å². The number of rotatable bonds is 7. The van der Waals surface area contributed by atoms with E-state index in [1.807, 2.05) is 24.8 Å². The molecule has 1 fully saturated rings. The first-order valence-corrected chi connectivity index (χ1v) is 9.51. The van der Waals surface area contributed by atoms with Crippen molar-refractivity contribution in [2.24, 2.45) is 5.92 Å². The lowest BCUT2D eigenvalue weighted by Gasteiger charge is -2.36. The second-order valence-electron chi connectivity index (χ2n) is 7.36. The molecule has 8 heteroatoms. The third kappa shape index (κ3) is 4.82. The van der Waals surface area contributed by atoms with Gasteiger partial charge in [-0.25, -0.2) is 0 Å². The second-order valence-corrected chi connectivity index (χ2v) is 7.36. The number of nitro benzene ring substituents is 1. The fourth-order valence-electron chi connectivity index (χ4n) is 3.31. The average molecular weight is 386 g/mol.